The average molecular weight is 592 g/mol. The van der Waals surface area contributed by atoms with Crippen molar-refractivity contribution in [3.8, 4) is 11.4 Å². The first-order chi connectivity index (χ1) is 19.5. The number of aromatic nitrogens is 2. The Kier molecular flexibility index (Phi) is 7.45. The largest absolute Gasteiger partial charge is 0.494 e. The molecule has 41 heavy (non-hydrogen) atoms. The molecule has 0 spiro atoms. The van der Waals surface area contributed by atoms with Crippen LogP contribution in [0.25, 0.3) is 5.69 Å². The number of carboxylic acids is 1. The quantitative estimate of drug-likeness (QED) is 0.249. The van der Waals surface area contributed by atoms with Crippen molar-refractivity contribution < 1.29 is 23.1 Å². The molecule has 1 saturated heterocycles. The molecule has 10 nitrogen and oxygen atoms in total. The number of sulfonamides is 1. The smallest absolute Gasteiger partial charge is 0.337 e. The highest BCUT2D eigenvalue weighted by molar-refractivity contribution is 7.92. The summed E-state index contributed by atoms with van der Waals surface area (Å²) in [5.74, 6) is -0.683. The van der Waals surface area contributed by atoms with E-state index < -0.39 is 16.0 Å². The van der Waals surface area contributed by atoms with Crippen molar-refractivity contribution in [2.45, 2.75) is 25.9 Å². The number of nitrogens with one attached hydrogen (secondary N) is 2. The van der Waals surface area contributed by atoms with Crippen LogP contribution in [-0.2, 0) is 10.0 Å². The normalized spacial score (nSPS) is 16.9. The van der Waals surface area contributed by atoms with E-state index in [0.717, 1.165) is 28.9 Å². The first-order valence-corrected chi connectivity index (χ1v) is 15.0. The summed E-state index contributed by atoms with van der Waals surface area (Å²) in [5, 5.41) is 13.7. The van der Waals surface area contributed by atoms with E-state index in [4.69, 9.17) is 17.0 Å². The summed E-state index contributed by atoms with van der Waals surface area (Å²) in [4.78, 5) is 18.6. The van der Waals surface area contributed by atoms with Gasteiger partial charge in [-0.15, -0.1) is 0 Å². The molecule has 1 fully saturated rings. The Balaban J connectivity index is 1.69. The Morgan fingerprint density at radius 2 is 1.83 bits per heavy atom. The predicted molar refractivity (Wildman–Crippen MR) is 162 cm³/mol. The summed E-state index contributed by atoms with van der Waals surface area (Å²) in [7, 11) is -2.06. The lowest BCUT2D eigenvalue weighted by atomic mass is 9.96. The van der Waals surface area contributed by atoms with Gasteiger partial charge < -0.3 is 24.6 Å². The second-order valence-corrected chi connectivity index (χ2v) is 11.9. The molecule has 2 aromatic heterocycles. The number of rotatable bonds is 8. The lowest BCUT2D eigenvalue weighted by Gasteiger charge is -2.29. The Hall–Kier alpha value is -4.42. The minimum absolute atomic E-state index is 0.192. The zero-order valence-electron chi connectivity index (χ0n) is 22.8. The van der Waals surface area contributed by atoms with Gasteiger partial charge >= 0.3 is 5.97 Å². The number of carboxylic acid groups (broad SMARTS) is 1. The fourth-order valence-corrected chi connectivity index (χ4v) is 6.28. The number of aryl methyl sites for hydroxylation is 1. The summed E-state index contributed by atoms with van der Waals surface area (Å²) < 4.78 is 33.7. The lowest BCUT2D eigenvalue weighted by molar-refractivity contribution is 0.0697. The van der Waals surface area contributed by atoms with Gasteiger partial charge in [0.15, 0.2) is 5.11 Å². The second-order valence-electron chi connectivity index (χ2n) is 9.74. The van der Waals surface area contributed by atoms with E-state index in [1.165, 1.54) is 7.11 Å². The Labute approximate surface area is 243 Å². The molecule has 2 aromatic carbocycles. The fourth-order valence-electron chi connectivity index (χ4n) is 5.37. The van der Waals surface area contributed by atoms with Crippen LogP contribution in [0.5, 0.6) is 5.75 Å². The number of ether oxygens (including phenoxy) is 1. The SMILES string of the molecule is COc1cc(N2C(=S)N[C@@H](c3ccccn3)[C@H]2c2cc(C)n(-c3ccccc3C(=O)O)c2C)ccc1NS(C)(=O)=O. The summed E-state index contributed by atoms with van der Waals surface area (Å²) in [6.45, 7) is 3.89. The van der Waals surface area contributed by atoms with E-state index in [2.05, 4.69) is 15.0 Å². The van der Waals surface area contributed by atoms with Gasteiger partial charge in [0.05, 0.1) is 48.1 Å². The minimum Gasteiger partial charge on any atom is -0.494 e. The Morgan fingerprint density at radius 1 is 1.10 bits per heavy atom. The van der Waals surface area contributed by atoms with Crippen molar-refractivity contribution in [3.63, 3.8) is 0 Å². The molecule has 2 atom stereocenters. The topological polar surface area (TPSA) is 126 Å². The van der Waals surface area contributed by atoms with Gasteiger partial charge in [0.25, 0.3) is 0 Å². The summed E-state index contributed by atoms with van der Waals surface area (Å²) in [5.41, 5.74) is 5.14. The van der Waals surface area contributed by atoms with Gasteiger partial charge in [-0.1, -0.05) is 18.2 Å². The van der Waals surface area contributed by atoms with Crippen LogP contribution in [0.3, 0.4) is 0 Å². The van der Waals surface area contributed by atoms with Gasteiger partial charge in [-0.3, -0.25) is 9.71 Å². The monoisotopic (exact) mass is 591 g/mol. The molecular formula is C29H29N5O5S2. The average Bonchev–Trinajstić information content (AvgIpc) is 3.43. The fraction of sp³-hybridized carbons (Fsp3) is 0.207. The molecule has 12 heteroatoms. The highest BCUT2D eigenvalue weighted by Crippen LogP contribution is 2.45. The Bertz CT molecular complexity index is 1750. The van der Waals surface area contributed by atoms with Crippen molar-refractivity contribution in [3.05, 3.63) is 101 Å². The molecule has 212 valence electrons. The van der Waals surface area contributed by atoms with Crippen LogP contribution in [0.1, 0.15) is 45.1 Å². The molecule has 0 aliphatic carbocycles. The van der Waals surface area contributed by atoms with Crippen LogP contribution in [-0.4, -0.2) is 47.5 Å². The predicted octanol–water partition coefficient (Wildman–Crippen LogP) is 4.74. The van der Waals surface area contributed by atoms with Gasteiger partial charge in [0, 0.05) is 29.3 Å². The molecule has 5 rings (SSSR count). The number of benzene rings is 2. The van der Waals surface area contributed by atoms with E-state index in [0.29, 0.717) is 27.9 Å². The van der Waals surface area contributed by atoms with Crippen LogP contribution in [0.15, 0.2) is 72.9 Å². The number of thiocarbonyl (C=S) groups is 1. The van der Waals surface area contributed by atoms with Gasteiger partial charge in [0.2, 0.25) is 10.0 Å². The van der Waals surface area contributed by atoms with Crippen molar-refractivity contribution in [2.24, 2.45) is 0 Å². The molecule has 0 bridgehead atoms. The maximum Gasteiger partial charge on any atom is 0.337 e. The molecular weight excluding hydrogens is 562 g/mol. The number of para-hydroxylation sites is 1. The second kappa shape index (κ2) is 10.9. The third kappa shape index (κ3) is 5.35. The highest BCUT2D eigenvalue weighted by atomic mass is 32.2. The summed E-state index contributed by atoms with van der Waals surface area (Å²) in [6, 6.07) is 19.0. The maximum absolute atomic E-state index is 12.1. The van der Waals surface area contributed by atoms with E-state index in [1.54, 1.807) is 42.6 Å². The van der Waals surface area contributed by atoms with Crippen LogP contribution >= 0.6 is 12.2 Å². The van der Waals surface area contributed by atoms with Crippen LogP contribution in [0.2, 0.25) is 0 Å². The van der Waals surface area contributed by atoms with E-state index in [-0.39, 0.29) is 17.6 Å². The third-order valence-corrected chi connectivity index (χ3v) is 7.93. The first-order valence-electron chi connectivity index (χ1n) is 12.7. The Morgan fingerprint density at radius 3 is 2.49 bits per heavy atom. The zero-order valence-corrected chi connectivity index (χ0v) is 24.5. The molecule has 4 aromatic rings. The number of carbonyl (C=O) groups is 1. The molecule has 3 N–H and O–H groups in total. The molecule has 0 amide bonds. The number of hydrogen-bond acceptors (Lipinski definition) is 6. The number of nitrogens with zero attached hydrogens (tertiary/aromatic N) is 3. The number of methoxy groups -OCH3 is 1. The number of aromatic carboxylic acids is 1. The molecule has 0 radical (unpaired) electrons. The van der Waals surface area contributed by atoms with Gasteiger partial charge in [-0.2, -0.15) is 0 Å². The van der Waals surface area contributed by atoms with Gasteiger partial charge in [-0.25, -0.2) is 13.2 Å². The van der Waals surface area contributed by atoms with E-state index in [9.17, 15) is 18.3 Å². The number of hydrogen-bond donors (Lipinski definition) is 3. The van der Waals surface area contributed by atoms with Crippen LogP contribution < -0.4 is 19.7 Å². The molecule has 3 heterocycles. The number of anilines is 2. The molecule has 0 saturated carbocycles. The summed E-state index contributed by atoms with van der Waals surface area (Å²) >= 11 is 5.86. The molecule has 1 aliphatic rings. The highest BCUT2D eigenvalue weighted by Gasteiger charge is 2.42. The zero-order chi connectivity index (χ0) is 29.5. The van der Waals surface area contributed by atoms with Gasteiger partial charge in [0.1, 0.15) is 5.75 Å². The van der Waals surface area contributed by atoms with Crippen molar-refractivity contribution in [2.75, 3.05) is 23.0 Å². The van der Waals surface area contributed by atoms with Gasteiger partial charge in [-0.05, 0) is 74.1 Å². The standard InChI is InChI=1S/C29H29N5O5S2/c1-17-15-21(18(2)33(17)24-11-6-5-9-20(24)28(35)36)27-26(23-10-7-8-14-30-23)31-29(40)34(27)19-12-13-22(25(16-19)39-3)32-41(4,37)38/h5-16,26-27,32H,1-4H3,(H,31,40)(H,35,36)/t26-,27+/m0/s1. The van der Waals surface area contributed by atoms with Crippen molar-refractivity contribution in [1.29, 1.82) is 0 Å². The number of pyridine rings is 1. The van der Waals surface area contributed by atoms with E-state index in [1.807, 2.05) is 53.6 Å². The molecule has 1 aliphatic heterocycles. The van der Waals surface area contributed by atoms with Crippen molar-refractivity contribution >= 4 is 44.7 Å². The maximum atomic E-state index is 12.1. The van der Waals surface area contributed by atoms with Crippen molar-refractivity contribution in [1.82, 2.24) is 14.9 Å². The minimum atomic E-state index is -3.53. The summed E-state index contributed by atoms with van der Waals surface area (Å²) in [6.07, 6.45) is 2.80. The van der Waals surface area contributed by atoms with E-state index >= 15 is 0 Å². The lowest BCUT2D eigenvalue weighted by Crippen LogP contribution is -2.29. The van der Waals surface area contributed by atoms with Crippen LogP contribution in [0.4, 0.5) is 11.4 Å². The first kappa shape index (κ1) is 28.1. The third-order valence-electron chi connectivity index (χ3n) is 7.02. The van der Waals surface area contributed by atoms with Crippen LogP contribution in [0, 0.1) is 13.8 Å². The molecule has 0 unspecified atom stereocenters.